The number of azo groups is 1. The number of aryl methyl sites for hydroxylation is 1. The Kier molecular flexibility index (Phi) is 11.2. The molecule has 0 amide bonds. The van der Waals surface area contributed by atoms with Crippen LogP contribution in [0.25, 0.3) is 0 Å². The van der Waals surface area contributed by atoms with E-state index in [1.807, 2.05) is 36.1 Å². The van der Waals surface area contributed by atoms with Gasteiger partial charge >= 0.3 is 0 Å². The lowest BCUT2D eigenvalue weighted by Crippen LogP contribution is -2.32. The SMILES string of the molecule is COCCCNc1nc(N(CCOC)CCOC)nc(Cl)c1N=Nc1ccc(C)cc1. The zero-order chi connectivity index (χ0) is 22.5. The molecule has 9 nitrogen and oxygen atoms in total. The Morgan fingerprint density at radius 3 is 2.19 bits per heavy atom. The number of halogens is 1. The molecule has 0 unspecified atom stereocenters. The molecule has 0 radical (unpaired) electrons. The van der Waals surface area contributed by atoms with Gasteiger partial charge in [-0.25, -0.2) is 0 Å². The van der Waals surface area contributed by atoms with E-state index in [4.69, 9.17) is 25.8 Å². The van der Waals surface area contributed by atoms with Gasteiger partial charge in [0.05, 0.1) is 18.9 Å². The highest BCUT2D eigenvalue weighted by Gasteiger charge is 2.17. The van der Waals surface area contributed by atoms with E-state index >= 15 is 0 Å². The number of hydrogen-bond acceptors (Lipinski definition) is 9. The summed E-state index contributed by atoms with van der Waals surface area (Å²) in [6.45, 7) is 5.54. The van der Waals surface area contributed by atoms with Crippen molar-refractivity contribution in [3.8, 4) is 0 Å². The first-order chi connectivity index (χ1) is 15.1. The van der Waals surface area contributed by atoms with Gasteiger partial charge in [-0.15, -0.1) is 5.11 Å². The maximum Gasteiger partial charge on any atom is 0.229 e. The Bertz CT molecular complexity index is 812. The van der Waals surface area contributed by atoms with Gasteiger partial charge in [0.2, 0.25) is 5.95 Å². The topological polar surface area (TPSA) is 93.5 Å². The van der Waals surface area contributed by atoms with E-state index in [-0.39, 0.29) is 5.15 Å². The van der Waals surface area contributed by atoms with Crippen LogP contribution in [-0.4, -0.2) is 70.8 Å². The minimum absolute atomic E-state index is 0.218. The zero-order valence-electron chi connectivity index (χ0n) is 18.6. The third-order valence-corrected chi connectivity index (χ3v) is 4.62. The molecule has 0 aliphatic rings. The van der Waals surface area contributed by atoms with Crippen molar-refractivity contribution in [2.24, 2.45) is 10.2 Å². The molecule has 0 aliphatic carbocycles. The van der Waals surface area contributed by atoms with Crippen molar-refractivity contribution in [2.75, 3.05) is 71.0 Å². The van der Waals surface area contributed by atoms with Gasteiger partial charge < -0.3 is 24.4 Å². The van der Waals surface area contributed by atoms with Crippen molar-refractivity contribution < 1.29 is 14.2 Å². The van der Waals surface area contributed by atoms with Crippen LogP contribution in [-0.2, 0) is 14.2 Å². The van der Waals surface area contributed by atoms with Crippen molar-refractivity contribution in [2.45, 2.75) is 13.3 Å². The Hall–Kier alpha value is -2.33. The average molecular weight is 451 g/mol. The van der Waals surface area contributed by atoms with Crippen molar-refractivity contribution in [3.05, 3.63) is 35.0 Å². The molecule has 10 heteroatoms. The largest absolute Gasteiger partial charge is 0.385 e. The van der Waals surface area contributed by atoms with Gasteiger partial charge in [-0.1, -0.05) is 29.3 Å². The van der Waals surface area contributed by atoms with E-state index in [0.29, 0.717) is 56.9 Å². The summed E-state index contributed by atoms with van der Waals surface area (Å²) in [4.78, 5) is 11.1. The highest BCUT2D eigenvalue weighted by Crippen LogP contribution is 2.34. The van der Waals surface area contributed by atoms with E-state index in [0.717, 1.165) is 17.7 Å². The summed E-state index contributed by atoms with van der Waals surface area (Å²) in [6.07, 6.45) is 0.805. The van der Waals surface area contributed by atoms with Gasteiger partial charge in [-0.05, 0) is 25.5 Å². The van der Waals surface area contributed by atoms with Crippen LogP contribution in [0.15, 0.2) is 34.5 Å². The number of anilines is 2. The lowest BCUT2D eigenvalue weighted by atomic mass is 10.2. The predicted molar refractivity (Wildman–Crippen MR) is 123 cm³/mol. The number of aromatic nitrogens is 2. The Labute approximate surface area is 188 Å². The molecule has 2 aromatic rings. The molecule has 2 rings (SSSR count). The molecule has 0 spiro atoms. The van der Waals surface area contributed by atoms with Gasteiger partial charge in [0, 0.05) is 47.6 Å². The fourth-order valence-electron chi connectivity index (χ4n) is 2.63. The molecule has 0 saturated heterocycles. The van der Waals surface area contributed by atoms with Crippen LogP contribution in [0, 0.1) is 6.92 Å². The Morgan fingerprint density at radius 2 is 1.58 bits per heavy atom. The number of methoxy groups -OCH3 is 3. The van der Waals surface area contributed by atoms with Crippen LogP contribution < -0.4 is 10.2 Å². The van der Waals surface area contributed by atoms with E-state index in [1.165, 1.54) is 0 Å². The van der Waals surface area contributed by atoms with Gasteiger partial charge in [-0.3, -0.25) is 0 Å². The molecule has 0 bridgehead atoms. The fourth-order valence-corrected chi connectivity index (χ4v) is 2.83. The number of ether oxygens (including phenoxy) is 3. The molecule has 0 saturated carbocycles. The molecular formula is C21H31ClN6O3. The monoisotopic (exact) mass is 450 g/mol. The highest BCUT2D eigenvalue weighted by atomic mass is 35.5. The summed E-state index contributed by atoms with van der Waals surface area (Å²) in [6, 6.07) is 7.74. The van der Waals surface area contributed by atoms with E-state index in [9.17, 15) is 0 Å². The summed E-state index contributed by atoms with van der Waals surface area (Å²) < 4.78 is 15.5. The van der Waals surface area contributed by atoms with Crippen LogP contribution in [0.4, 0.5) is 23.1 Å². The first kappa shape index (κ1) is 24.9. The van der Waals surface area contributed by atoms with Gasteiger partial charge in [0.25, 0.3) is 0 Å². The second-order valence-corrected chi connectivity index (χ2v) is 7.15. The quantitative estimate of drug-likeness (QED) is 0.259. The number of rotatable bonds is 14. The number of benzene rings is 1. The van der Waals surface area contributed by atoms with Crippen molar-refractivity contribution >= 4 is 34.7 Å². The minimum Gasteiger partial charge on any atom is -0.385 e. The maximum absolute atomic E-state index is 6.52. The molecule has 170 valence electrons. The molecule has 31 heavy (non-hydrogen) atoms. The van der Waals surface area contributed by atoms with E-state index in [1.54, 1.807) is 21.3 Å². The number of hydrogen-bond donors (Lipinski definition) is 1. The first-order valence-corrected chi connectivity index (χ1v) is 10.5. The van der Waals surface area contributed by atoms with Crippen LogP contribution >= 0.6 is 11.6 Å². The molecule has 1 aromatic carbocycles. The first-order valence-electron chi connectivity index (χ1n) is 10.1. The molecule has 1 N–H and O–H groups in total. The van der Waals surface area contributed by atoms with Crippen LogP contribution in [0.5, 0.6) is 0 Å². The maximum atomic E-state index is 6.52. The second-order valence-electron chi connectivity index (χ2n) is 6.79. The Morgan fingerprint density at radius 1 is 0.935 bits per heavy atom. The molecular weight excluding hydrogens is 420 g/mol. The minimum atomic E-state index is 0.218. The van der Waals surface area contributed by atoms with Crippen molar-refractivity contribution in [1.29, 1.82) is 0 Å². The highest BCUT2D eigenvalue weighted by molar-refractivity contribution is 6.32. The summed E-state index contributed by atoms with van der Waals surface area (Å²) in [5.74, 6) is 0.990. The summed E-state index contributed by atoms with van der Waals surface area (Å²) in [5, 5.41) is 12.1. The summed E-state index contributed by atoms with van der Waals surface area (Å²) in [5.41, 5.74) is 2.26. The summed E-state index contributed by atoms with van der Waals surface area (Å²) >= 11 is 6.52. The fraction of sp³-hybridized carbons (Fsp3) is 0.524. The van der Waals surface area contributed by atoms with Crippen LogP contribution in [0.3, 0.4) is 0 Å². The zero-order valence-corrected chi connectivity index (χ0v) is 19.4. The number of nitrogens with zero attached hydrogens (tertiary/aromatic N) is 5. The summed E-state index contributed by atoms with van der Waals surface area (Å²) in [7, 11) is 4.98. The van der Waals surface area contributed by atoms with E-state index in [2.05, 4.69) is 25.5 Å². The van der Waals surface area contributed by atoms with Gasteiger partial charge in [0.15, 0.2) is 16.7 Å². The van der Waals surface area contributed by atoms with Crippen LogP contribution in [0.1, 0.15) is 12.0 Å². The molecule has 0 atom stereocenters. The van der Waals surface area contributed by atoms with Crippen molar-refractivity contribution in [3.63, 3.8) is 0 Å². The van der Waals surface area contributed by atoms with Gasteiger partial charge in [0.1, 0.15) is 0 Å². The third kappa shape index (κ3) is 8.37. The lowest BCUT2D eigenvalue weighted by molar-refractivity contribution is 0.189. The number of nitrogens with one attached hydrogen (secondary N) is 1. The standard InChI is InChI=1S/C21H31ClN6O3/c1-16-6-8-17(9-7-16)26-27-18-19(22)24-21(25-20(18)23-10-5-13-29-2)28(11-14-30-3)12-15-31-4/h6-9H,5,10-15H2,1-4H3,(H,23,24,25). The Balaban J connectivity index is 2.34. The van der Waals surface area contributed by atoms with Crippen molar-refractivity contribution in [1.82, 2.24) is 9.97 Å². The predicted octanol–water partition coefficient (Wildman–Crippen LogP) is 4.40. The molecule has 1 heterocycles. The van der Waals surface area contributed by atoms with Gasteiger partial charge in [-0.2, -0.15) is 15.1 Å². The second kappa shape index (κ2) is 13.9. The van der Waals surface area contributed by atoms with E-state index < -0.39 is 0 Å². The molecule has 0 aliphatic heterocycles. The average Bonchev–Trinajstić information content (AvgIpc) is 2.77. The smallest absolute Gasteiger partial charge is 0.229 e. The molecule has 0 fully saturated rings. The third-order valence-electron chi connectivity index (χ3n) is 4.36. The molecule has 1 aromatic heterocycles. The van der Waals surface area contributed by atoms with Crippen LogP contribution in [0.2, 0.25) is 5.15 Å². The normalized spacial score (nSPS) is 11.3. The lowest BCUT2D eigenvalue weighted by Gasteiger charge is -2.23.